The number of benzene rings is 2. The van der Waals surface area contributed by atoms with Crippen LogP contribution in [0.2, 0.25) is 0 Å². The Labute approximate surface area is 212 Å². The highest BCUT2D eigenvalue weighted by Gasteiger charge is 2.48. The lowest BCUT2D eigenvalue weighted by atomic mass is 9.77. The fourth-order valence-corrected chi connectivity index (χ4v) is 6.28. The van der Waals surface area contributed by atoms with E-state index in [0.717, 1.165) is 15.7 Å². The second kappa shape index (κ2) is 9.84. The van der Waals surface area contributed by atoms with Crippen LogP contribution in [-0.4, -0.2) is 59.7 Å². The number of carboxylic acid groups (broad SMARTS) is 1. The van der Waals surface area contributed by atoms with Crippen LogP contribution in [0.5, 0.6) is 0 Å². The van der Waals surface area contributed by atoms with Crippen LogP contribution < -0.4 is 0 Å². The highest BCUT2D eigenvalue weighted by atomic mass is 32.2. The molecule has 36 heavy (non-hydrogen) atoms. The Bertz CT molecular complexity index is 1270. The van der Waals surface area contributed by atoms with Crippen LogP contribution in [0.25, 0.3) is 10.8 Å². The molecule has 1 N–H and O–H groups in total. The maximum atomic E-state index is 13.7. The summed E-state index contributed by atoms with van der Waals surface area (Å²) in [6, 6.07) is 10.9. The lowest BCUT2D eigenvalue weighted by Gasteiger charge is -2.34. The van der Waals surface area contributed by atoms with E-state index in [1.54, 1.807) is 53.7 Å². The second-order valence-corrected chi connectivity index (χ2v) is 13.7. The summed E-state index contributed by atoms with van der Waals surface area (Å²) < 4.78 is 32.4. The highest BCUT2D eigenvalue weighted by molar-refractivity contribution is 7.92. The van der Waals surface area contributed by atoms with Gasteiger partial charge in [-0.1, -0.05) is 51.1 Å². The van der Waals surface area contributed by atoms with Crippen LogP contribution in [0.3, 0.4) is 0 Å². The quantitative estimate of drug-likeness (QED) is 0.574. The van der Waals surface area contributed by atoms with Crippen molar-refractivity contribution in [3.05, 3.63) is 42.5 Å². The molecule has 0 bridgehead atoms. The van der Waals surface area contributed by atoms with Gasteiger partial charge in [0, 0.05) is 6.54 Å². The molecule has 8 nitrogen and oxygen atoms in total. The maximum Gasteiger partial charge on any atom is 0.326 e. The molecule has 1 fully saturated rings. The van der Waals surface area contributed by atoms with E-state index in [4.69, 9.17) is 4.74 Å². The fourth-order valence-electron chi connectivity index (χ4n) is 4.55. The van der Waals surface area contributed by atoms with Crippen molar-refractivity contribution < 1.29 is 32.6 Å². The van der Waals surface area contributed by atoms with Crippen LogP contribution in [-0.2, 0) is 29.0 Å². The third kappa shape index (κ3) is 6.06. The van der Waals surface area contributed by atoms with Gasteiger partial charge in [-0.2, -0.15) is 0 Å². The second-order valence-electron chi connectivity index (χ2n) is 11.5. The average molecular weight is 518 g/mol. The van der Waals surface area contributed by atoms with Crippen molar-refractivity contribution in [3.63, 3.8) is 0 Å². The van der Waals surface area contributed by atoms with Gasteiger partial charge >= 0.3 is 11.9 Å². The zero-order valence-corrected chi connectivity index (χ0v) is 22.5. The van der Waals surface area contributed by atoms with E-state index in [1.165, 1.54) is 6.07 Å². The topological polar surface area (TPSA) is 118 Å². The van der Waals surface area contributed by atoms with Crippen molar-refractivity contribution >= 4 is 38.5 Å². The predicted octanol–water partition coefficient (Wildman–Crippen LogP) is 4.06. The first-order valence-electron chi connectivity index (χ1n) is 12.0. The van der Waals surface area contributed by atoms with Gasteiger partial charge in [-0.3, -0.25) is 9.59 Å². The molecule has 0 radical (unpaired) electrons. The Balaban J connectivity index is 1.91. The number of likely N-dealkylation sites (tertiary alicyclic amines) is 1. The zero-order valence-electron chi connectivity index (χ0n) is 21.6. The SMILES string of the molecule is CC(C)(C)OC(=O)C[C@H](C(=O)N1C[C@H](S(=O)(=O)c2ccc3ccccc3c2)C[C@H]1C(=O)O)C(C)(C)C. The minimum Gasteiger partial charge on any atom is -0.480 e. The molecule has 1 saturated heterocycles. The number of carbonyl (C=O) groups is 3. The van der Waals surface area contributed by atoms with Crippen LogP contribution in [0.15, 0.2) is 47.4 Å². The van der Waals surface area contributed by atoms with E-state index in [0.29, 0.717) is 0 Å². The third-order valence-corrected chi connectivity index (χ3v) is 8.58. The summed E-state index contributed by atoms with van der Waals surface area (Å²) in [6.07, 6.45) is -0.454. The van der Waals surface area contributed by atoms with Gasteiger partial charge < -0.3 is 14.7 Å². The lowest BCUT2D eigenvalue weighted by molar-refractivity contribution is -0.161. The largest absolute Gasteiger partial charge is 0.480 e. The normalized spacial score (nSPS) is 19.8. The summed E-state index contributed by atoms with van der Waals surface area (Å²) in [6.45, 7) is 10.3. The zero-order chi connectivity index (χ0) is 27.1. The molecular weight excluding hydrogens is 482 g/mol. The minimum atomic E-state index is -3.92. The van der Waals surface area contributed by atoms with Gasteiger partial charge in [0.25, 0.3) is 0 Å². The first kappa shape index (κ1) is 27.6. The van der Waals surface area contributed by atoms with E-state index in [2.05, 4.69) is 0 Å². The molecule has 3 atom stereocenters. The number of rotatable bonds is 6. The Morgan fingerprint density at radius 1 is 1.03 bits per heavy atom. The van der Waals surface area contributed by atoms with E-state index < -0.39 is 55.9 Å². The van der Waals surface area contributed by atoms with E-state index >= 15 is 0 Å². The molecule has 2 aromatic carbocycles. The molecule has 9 heteroatoms. The molecule has 1 aliphatic heterocycles. The maximum absolute atomic E-state index is 13.7. The van der Waals surface area contributed by atoms with Crippen molar-refractivity contribution in [1.29, 1.82) is 0 Å². The molecular formula is C27H35NO7S. The number of fused-ring (bicyclic) bond motifs is 1. The number of sulfone groups is 1. The van der Waals surface area contributed by atoms with Gasteiger partial charge in [-0.25, -0.2) is 13.2 Å². The van der Waals surface area contributed by atoms with E-state index in [1.807, 2.05) is 24.3 Å². The standard InChI is InChI=1S/C27H35NO7S/c1-26(2,3)21(15-23(29)35-27(4,5)6)24(30)28-16-20(14-22(28)25(31)32)36(33,34)19-12-11-17-9-7-8-10-18(17)13-19/h7-13,20-22H,14-16H2,1-6H3,(H,31,32)/t20-,21-,22+/m1/s1. The van der Waals surface area contributed by atoms with Crippen molar-refractivity contribution in [1.82, 2.24) is 4.90 Å². The van der Waals surface area contributed by atoms with Gasteiger partial charge in [-0.05, 0) is 55.5 Å². The summed E-state index contributed by atoms with van der Waals surface area (Å²) >= 11 is 0. The van der Waals surface area contributed by atoms with Crippen molar-refractivity contribution in [2.75, 3.05) is 6.54 Å². The summed E-state index contributed by atoms with van der Waals surface area (Å²) in [5.41, 5.74) is -1.43. The molecule has 0 aromatic heterocycles. The van der Waals surface area contributed by atoms with Crippen LogP contribution in [0, 0.1) is 11.3 Å². The number of hydrogen-bond acceptors (Lipinski definition) is 6. The number of nitrogens with zero attached hydrogens (tertiary/aromatic N) is 1. The minimum absolute atomic E-state index is 0.0887. The summed E-state index contributed by atoms with van der Waals surface area (Å²) in [5.74, 6) is -3.28. The highest BCUT2D eigenvalue weighted by Crippen LogP contribution is 2.36. The molecule has 2 aromatic rings. The molecule has 196 valence electrons. The third-order valence-electron chi connectivity index (χ3n) is 6.45. The summed E-state index contributed by atoms with van der Waals surface area (Å²) in [7, 11) is -3.92. The van der Waals surface area contributed by atoms with Crippen molar-refractivity contribution in [3.8, 4) is 0 Å². The Hall–Kier alpha value is -2.94. The van der Waals surface area contributed by atoms with Crippen molar-refractivity contribution in [2.45, 2.75) is 76.2 Å². The molecule has 0 aliphatic carbocycles. The average Bonchev–Trinajstić information content (AvgIpc) is 3.21. The van der Waals surface area contributed by atoms with E-state index in [-0.39, 0.29) is 24.3 Å². The van der Waals surface area contributed by atoms with Crippen molar-refractivity contribution in [2.24, 2.45) is 11.3 Å². The number of aliphatic carboxylic acids is 1. The Kier molecular flexibility index (Phi) is 7.56. The number of ether oxygens (including phenoxy) is 1. The Morgan fingerprint density at radius 3 is 2.19 bits per heavy atom. The predicted molar refractivity (Wildman–Crippen MR) is 136 cm³/mol. The molecule has 0 unspecified atom stereocenters. The molecule has 3 rings (SSSR count). The van der Waals surface area contributed by atoms with Crippen LogP contribution in [0.4, 0.5) is 0 Å². The first-order valence-corrected chi connectivity index (χ1v) is 13.5. The van der Waals surface area contributed by atoms with Crippen LogP contribution >= 0.6 is 0 Å². The first-order chi connectivity index (χ1) is 16.5. The number of carbonyl (C=O) groups excluding carboxylic acids is 2. The monoisotopic (exact) mass is 517 g/mol. The molecule has 1 aliphatic rings. The van der Waals surface area contributed by atoms with E-state index in [9.17, 15) is 27.9 Å². The number of esters is 1. The van der Waals surface area contributed by atoms with Gasteiger partial charge in [-0.15, -0.1) is 0 Å². The molecule has 0 spiro atoms. The summed E-state index contributed by atoms with van der Waals surface area (Å²) in [5, 5.41) is 10.4. The smallest absolute Gasteiger partial charge is 0.326 e. The lowest BCUT2D eigenvalue weighted by Crippen LogP contribution is -2.47. The molecule has 1 heterocycles. The van der Waals surface area contributed by atoms with Gasteiger partial charge in [0.1, 0.15) is 11.6 Å². The number of carboxylic acids is 1. The van der Waals surface area contributed by atoms with Crippen LogP contribution in [0.1, 0.15) is 54.4 Å². The molecule has 1 amide bonds. The van der Waals surface area contributed by atoms with Gasteiger partial charge in [0.15, 0.2) is 9.84 Å². The summed E-state index contributed by atoms with van der Waals surface area (Å²) in [4.78, 5) is 39.5. The molecule has 0 saturated carbocycles. The van der Waals surface area contributed by atoms with Gasteiger partial charge in [0.2, 0.25) is 5.91 Å². The Morgan fingerprint density at radius 2 is 1.64 bits per heavy atom. The number of hydrogen-bond donors (Lipinski definition) is 1. The fraction of sp³-hybridized carbons (Fsp3) is 0.519. The number of amides is 1. The van der Waals surface area contributed by atoms with Gasteiger partial charge in [0.05, 0.1) is 22.5 Å².